The van der Waals surface area contributed by atoms with Gasteiger partial charge in [0, 0.05) is 24.5 Å². The first kappa shape index (κ1) is 11.1. The zero-order chi connectivity index (χ0) is 10.5. The summed E-state index contributed by atoms with van der Waals surface area (Å²) in [6.07, 6.45) is 3.97. The normalized spacial score (nSPS) is 20.3. The summed E-state index contributed by atoms with van der Waals surface area (Å²) in [5.41, 5.74) is 9.33. The Hall–Kier alpha value is -0.420. The molecule has 3 N–H and O–H groups in total. The van der Waals surface area contributed by atoms with Crippen LogP contribution in [0.1, 0.15) is 30.2 Å². The molecule has 15 heavy (non-hydrogen) atoms. The smallest absolute Gasteiger partial charge is 0.0680 e. The second kappa shape index (κ2) is 5.61. The van der Waals surface area contributed by atoms with Crippen LogP contribution in [0.5, 0.6) is 0 Å². The standard InChI is InChI=1S/C11H19N3S/c12-9-10(11-5-4-8-15-11)13-14-6-2-1-3-7-14/h4-5,8,10,13H,1-3,6-7,9,12H2. The molecule has 2 rings (SSSR count). The minimum Gasteiger partial charge on any atom is -0.329 e. The largest absolute Gasteiger partial charge is 0.329 e. The van der Waals surface area contributed by atoms with Gasteiger partial charge in [-0.2, -0.15) is 0 Å². The molecular weight excluding hydrogens is 206 g/mol. The molecule has 0 amide bonds. The molecule has 2 heterocycles. The summed E-state index contributed by atoms with van der Waals surface area (Å²) in [5, 5.41) is 4.43. The highest BCUT2D eigenvalue weighted by molar-refractivity contribution is 7.10. The number of hydrogen-bond acceptors (Lipinski definition) is 4. The van der Waals surface area contributed by atoms with Crippen LogP contribution >= 0.6 is 11.3 Å². The molecule has 1 atom stereocenters. The van der Waals surface area contributed by atoms with Crippen LogP contribution < -0.4 is 11.2 Å². The number of nitrogens with two attached hydrogens (primary N) is 1. The van der Waals surface area contributed by atoms with E-state index in [1.807, 2.05) is 0 Å². The highest BCUT2D eigenvalue weighted by Gasteiger charge is 2.16. The average molecular weight is 225 g/mol. The maximum Gasteiger partial charge on any atom is 0.0680 e. The number of nitrogens with one attached hydrogen (secondary N) is 1. The molecule has 1 unspecified atom stereocenters. The van der Waals surface area contributed by atoms with Crippen LogP contribution in [0.3, 0.4) is 0 Å². The molecule has 1 aliphatic heterocycles. The van der Waals surface area contributed by atoms with E-state index in [0.29, 0.717) is 12.6 Å². The summed E-state index contributed by atoms with van der Waals surface area (Å²) in [6.45, 7) is 2.97. The Balaban J connectivity index is 1.90. The fourth-order valence-corrected chi connectivity index (χ4v) is 2.75. The maximum absolute atomic E-state index is 5.80. The Kier molecular flexibility index (Phi) is 4.14. The lowest BCUT2D eigenvalue weighted by molar-refractivity contribution is 0.131. The van der Waals surface area contributed by atoms with Crippen LogP contribution in [0.2, 0.25) is 0 Å². The van der Waals surface area contributed by atoms with Gasteiger partial charge < -0.3 is 5.73 Å². The fourth-order valence-electron chi connectivity index (χ4n) is 1.97. The SMILES string of the molecule is NCC(NN1CCCCC1)c1cccs1. The quantitative estimate of drug-likeness (QED) is 0.820. The van der Waals surface area contributed by atoms with Crippen molar-refractivity contribution in [1.29, 1.82) is 0 Å². The zero-order valence-electron chi connectivity index (χ0n) is 8.98. The average Bonchev–Trinajstić information content (AvgIpc) is 2.81. The number of thiophene rings is 1. The highest BCUT2D eigenvalue weighted by Crippen LogP contribution is 2.19. The van der Waals surface area contributed by atoms with Gasteiger partial charge in [-0.15, -0.1) is 11.3 Å². The number of hydrazine groups is 1. The monoisotopic (exact) mass is 225 g/mol. The van der Waals surface area contributed by atoms with E-state index in [0.717, 1.165) is 13.1 Å². The summed E-state index contributed by atoms with van der Waals surface area (Å²) < 4.78 is 0. The van der Waals surface area contributed by atoms with E-state index in [1.54, 1.807) is 11.3 Å². The number of piperidine rings is 1. The van der Waals surface area contributed by atoms with E-state index in [9.17, 15) is 0 Å². The Morgan fingerprint density at radius 2 is 2.20 bits per heavy atom. The molecule has 3 nitrogen and oxygen atoms in total. The number of rotatable bonds is 4. The van der Waals surface area contributed by atoms with Crippen molar-refractivity contribution >= 4 is 11.3 Å². The van der Waals surface area contributed by atoms with Gasteiger partial charge in [0.15, 0.2) is 0 Å². The molecule has 0 spiro atoms. The molecule has 0 aromatic carbocycles. The van der Waals surface area contributed by atoms with Crippen LogP contribution in [0.25, 0.3) is 0 Å². The Morgan fingerprint density at radius 3 is 2.80 bits per heavy atom. The van der Waals surface area contributed by atoms with E-state index in [2.05, 4.69) is 27.9 Å². The predicted molar refractivity (Wildman–Crippen MR) is 64.7 cm³/mol. The van der Waals surface area contributed by atoms with Crippen LogP contribution in [0, 0.1) is 0 Å². The van der Waals surface area contributed by atoms with Crippen molar-refractivity contribution < 1.29 is 0 Å². The second-order valence-corrected chi connectivity index (χ2v) is 4.96. The Labute approximate surface area is 95.2 Å². The van der Waals surface area contributed by atoms with Gasteiger partial charge in [-0.25, -0.2) is 10.4 Å². The number of nitrogens with zero attached hydrogens (tertiary/aromatic N) is 1. The molecule has 1 fully saturated rings. The van der Waals surface area contributed by atoms with Crippen LogP contribution in [-0.2, 0) is 0 Å². The Morgan fingerprint density at radius 1 is 1.40 bits per heavy atom. The van der Waals surface area contributed by atoms with Crippen molar-refractivity contribution in [1.82, 2.24) is 10.4 Å². The first-order valence-corrected chi connectivity index (χ1v) is 6.52. The molecule has 1 saturated heterocycles. The van der Waals surface area contributed by atoms with Gasteiger partial charge in [-0.1, -0.05) is 12.5 Å². The first-order valence-electron chi connectivity index (χ1n) is 5.65. The van der Waals surface area contributed by atoms with Gasteiger partial charge >= 0.3 is 0 Å². The lowest BCUT2D eigenvalue weighted by Crippen LogP contribution is -2.45. The van der Waals surface area contributed by atoms with Crippen molar-refractivity contribution in [3.63, 3.8) is 0 Å². The summed E-state index contributed by atoms with van der Waals surface area (Å²) in [6, 6.07) is 4.53. The molecule has 84 valence electrons. The molecular formula is C11H19N3S. The van der Waals surface area contributed by atoms with E-state index >= 15 is 0 Å². The van der Waals surface area contributed by atoms with Crippen molar-refractivity contribution in [2.45, 2.75) is 25.3 Å². The van der Waals surface area contributed by atoms with E-state index in [4.69, 9.17) is 5.73 Å². The number of hydrogen-bond donors (Lipinski definition) is 2. The van der Waals surface area contributed by atoms with Crippen molar-refractivity contribution in [3.05, 3.63) is 22.4 Å². The fraction of sp³-hybridized carbons (Fsp3) is 0.636. The zero-order valence-corrected chi connectivity index (χ0v) is 9.80. The Bertz CT molecular complexity index is 267. The molecule has 0 bridgehead atoms. The summed E-state index contributed by atoms with van der Waals surface area (Å²) >= 11 is 1.78. The van der Waals surface area contributed by atoms with Crippen LogP contribution in [0.4, 0.5) is 0 Å². The topological polar surface area (TPSA) is 41.3 Å². The molecule has 4 heteroatoms. The lowest BCUT2D eigenvalue weighted by atomic mass is 10.1. The summed E-state index contributed by atoms with van der Waals surface area (Å²) in [7, 11) is 0. The molecule has 0 aliphatic carbocycles. The second-order valence-electron chi connectivity index (χ2n) is 3.98. The van der Waals surface area contributed by atoms with Crippen molar-refractivity contribution in [2.24, 2.45) is 5.73 Å². The van der Waals surface area contributed by atoms with Gasteiger partial charge in [0.05, 0.1) is 6.04 Å². The first-order chi connectivity index (χ1) is 7.40. The highest BCUT2D eigenvalue weighted by atomic mass is 32.1. The van der Waals surface area contributed by atoms with Crippen molar-refractivity contribution in [2.75, 3.05) is 19.6 Å². The third-order valence-corrected chi connectivity index (χ3v) is 3.80. The molecule has 1 aliphatic rings. The van der Waals surface area contributed by atoms with E-state index in [1.165, 1.54) is 24.1 Å². The summed E-state index contributed by atoms with van der Waals surface area (Å²) in [4.78, 5) is 1.34. The predicted octanol–water partition coefficient (Wildman–Crippen LogP) is 1.74. The summed E-state index contributed by atoms with van der Waals surface area (Å²) in [5.74, 6) is 0. The van der Waals surface area contributed by atoms with Crippen LogP contribution in [0.15, 0.2) is 17.5 Å². The lowest BCUT2D eigenvalue weighted by Gasteiger charge is -2.30. The minimum atomic E-state index is 0.295. The van der Waals surface area contributed by atoms with Gasteiger partial charge in [0.2, 0.25) is 0 Å². The van der Waals surface area contributed by atoms with E-state index in [-0.39, 0.29) is 0 Å². The van der Waals surface area contributed by atoms with E-state index < -0.39 is 0 Å². The third-order valence-electron chi connectivity index (χ3n) is 2.82. The molecule has 1 aromatic heterocycles. The maximum atomic E-state index is 5.80. The van der Waals surface area contributed by atoms with Gasteiger partial charge in [0.25, 0.3) is 0 Å². The van der Waals surface area contributed by atoms with Gasteiger partial charge in [-0.05, 0) is 24.3 Å². The molecule has 0 radical (unpaired) electrons. The molecule has 1 aromatic rings. The van der Waals surface area contributed by atoms with Gasteiger partial charge in [0.1, 0.15) is 0 Å². The van der Waals surface area contributed by atoms with Crippen LogP contribution in [-0.4, -0.2) is 24.6 Å². The third kappa shape index (κ3) is 3.01. The van der Waals surface area contributed by atoms with Crippen molar-refractivity contribution in [3.8, 4) is 0 Å². The minimum absolute atomic E-state index is 0.295. The molecule has 0 saturated carbocycles. The van der Waals surface area contributed by atoms with Gasteiger partial charge in [-0.3, -0.25) is 0 Å².